The Morgan fingerprint density at radius 3 is 2.77 bits per heavy atom. The number of nitrogens with one attached hydrogen (secondary N) is 1. The van der Waals surface area contributed by atoms with Crippen LogP contribution in [-0.2, 0) is 13.6 Å². The molecule has 5 heteroatoms. The van der Waals surface area contributed by atoms with Gasteiger partial charge >= 0.3 is 0 Å². The van der Waals surface area contributed by atoms with Crippen molar-refractivity contribution in [2.24, 2.45) is 7.05 Å². The maximum atomic E-state index is 9.59. The van der Waals surface area contributed by atoms with Crippen molar-refractivity contribution < 1.29 is 5.11 Å². The summed E-state index contributed by atoms with van der Waals surface area (Å²) in [6, 6.07) is 12.0. The minimum Gasteiger partial charge on any atom is -0.394 e. The molecule has 2 heterocycles. The second kappa shape index (κ2) is 6.25. The fourth-order valence-corrected chi connectivity index (χ4v) is 2.66. The Morgan fingerprint density at radius 2 is 2.05 bits per heavy atom. The summed E-state index contributed by atoms with van der Waals surface area (Å²) in [6.45, 7) is 2.70. The van der Waals surface area contributed by atoms with Gasteiger partial charge in [0.1, 0.15) is 0 Å². The van der Waals surface area contributed by atoms with E-state index in [4.69, 9.17) is 0 Å². The number of aromatic nitrogens is 3. The minimum atomic E-state index is -0.0770. The number of fused-ring (bicyclic) bond motifs is 1. The van der Waals surface area contributed by atoms with Crippen molar-refractivity contribution in [3.05, 3.63) is 59.4 Å². The zero-order valence-corrected chi connectivity index (χ0v) is 12.8. The van der Waals surface area contributed by atoms with Crippen LogP contribution >= 0.6 is 0 Å². The van der Waals surface area contributed by atoms with E-state index in [0.29, 0.717) is 6.54 Å². The van der Waals surface area contributed by atoms with Crippen molar-refractivity contribution >= 4 is 11.0 Å². The molecule has 3 aromatic rings. The van der Waals surface area contributed by atoms with Crippen molar-refractivity contribution in [3.8, 4) is 0 Å². The van der Waals surface area contributed by atoms with Crippen molar-refractivity contribution in [1.82, 2.24) is 20.1 Å². The second-order valence-electron chi connectivity index (χ2n) is 5.45. The fourth-order valence-electron chi connectivity index (χ4n) is 2.66. The summed E-state index contributed by atoms with van der Waals surface area (Å²) in [4.78, 5) is 4.48. The van der Waals surface area contributed by atoms with Crippen molar-refractivity contribution in [2.45, 2.75) is 19.5 Å². The van der Waals surface area contributed by atoms with Crippen LogP contribution in [0.2, 0.25) is 0 Å². The zero-order valence-electron chi connectivity index (χ0n) is 12.8. The predicted molar refractivity (Wildman–Crippen MR) is 86.4 cm³/mol. The largest absolute Gasteiger partial charge is 0.394 e. The fraction of sp³-hybridized carbons (Fsp3) is 0.294. The van der Waals surface area contributed by atoms with Gasteiger partial charge in [0.15, 0.2) is 5.65 Å². The first-order valence-corrected chi connectivity index (χ1v) is 7.36. The van der Waals surface area contributed by atoms with Gasteiger partial charge in [0.25, 0.3) is 0 Å². The van der Waals surface area contributed by atoms with E-state index < -0.39 is 0 Å². The van der Waals surface area contributed by atoms with E-state index in [9.17, 15) is 5.11 Å². The standard InChI is InChI=1S/C17H20N4O/c1-12-15-8-13(10-19-17(15)21(2)20-12)9-18-16(11-22)14-6-4-3-5-7-14/h3-8,10,16,18,22H,9,11H2,1-2H3. The van der Waals surface area contributed by atoms with Gasteiger partial charge in [0, 0.05) is 25.2 Å². The van der Waals surface area contributed by atoms with Gasteiger partial charge in [0.2, 0.25) is 0 Å². The van der Waals surface area contributed by atoms with Crippen LogP contribution in [0.25, 0.3) is 11.0 Å². The average molecular weight is 296 g/mol. The van der Waals surface area contributed by atoms with Crippen LogP contribution in [0.1, 0.15) is 22.9 Å². The number of rotatable bonds is 5. The van der Waals surface area contributed by atoms with Crippen LogP contribution in [0.15, 0.2) is 42.6 Å². The molecular weight excluding hydrogens is 276 g/mol. The Labute approximate surface area is 129 Å². The summed E-state index contributed by atoms with van der Waals surface area (Å²) in [5, 5.41) is 18.4. The van der Waals surface area contributed by atoms with E-state index in [1.807, 2.05) is 50.5 Å². The van der Waals surface area contributed by atoms with E-state index in [1.165, 1.54) is 0 Å². The number of aliphatic hydroxyl groups is 1. The van der Waals surface area contributed by atoms with Crippen LogP contribution in [-0.4, -0.2) is 26.5 Å². The second-order valence-corrected chi connectivity index (χ2v) is 5.45. The third-order valence-corrected chi connectivity index (χ3v) is 3.86. The van der Waals surface area contributed by atoms with E-state index in [2.05, 4.69) is 21.5 Å². The highest BCUT2D eigenvalue weighted by Gasteiger charge is 2.11. The van der Waals surface area contributed by atoms with Crippen molar-refractivity contribution in [1.29, 1.82) is 0 Å². The average Bonchev–Trinajstić information content (AvgIpc) is 2.83. The lowest BCUT2D eigenvalue weighted by Gasteiger charge is -2.16. The van der Waals surface area contributed by atoms with E-state index in [1.54, 1.807) is 4.68 Å². The lowest BCUT2D eigenvalue weighted by molar-refractivity contribution is 0.243. The molecule has 0 aliphatic rings. The molecule has 1 aromatic carbocycles. The van der Waals surface area contributed by atoms with Gasteiger partial charge in [0.05, 0.1) is 18.3 Å². The molecule has 1 atom stereocenters. The Bertz CT molecular complexity index is 767. The smallest absolute Gasteiger partial charge is 0.157 e. The van der Waals surface area contributed by atoms with Gasteiger partial charge < -0.3 is 10.4 Å². The van der Waals surface area contributed by atoms with Gasteiger partial charge in [-0.2, -0.15) is 5.10 Å². The molecule has 1 unspecified atom stereocenters. The molecule has 114 valence electrons. The summed E-state index contributed by atoms with van der Waals surface area (Å²) in [5.74, 6) is 0. The quantitative estimate of drug-likeness (QED) is 0.757. The number of pyridine rings is 1. The monoisotopic (exact) mass is 296 g/mol. The summed E-state index contributed by atoms with van der Waals surface area (Å²) in [6.07, 6.45) is 1.86. The molecule has 0 saturated carbocycles. The molecule has 0 amide bonds. The number of aryl methyl sites for hydroxylation is 2. The van der Waals surface area contributed by atoms with Crippen LogP contribution < -0.4 is 5.32 Å². The molecule has 0 radical (unpaired) electrons. The van der Waals surface area contributed by atoms with Gasteiger partial charge in [-0.15, -0.1) is 0 Å². The lowest BCUT2D eigenvalue weighted by Crippen LogP contribution is -2.24. The van der Waals surface area contributed by atoms with Crippen LogP contribution in [0.5, 0.6) is 0 Å². The molecule has 0 fully saturated rings. The molecule has 0 aliphatic carbocycles. The maximum absolute atomic E-state index is 9.59. The van der Waals surface area contributed by atoms with Crippen LogP contribution in [0, 0.1) is 6.92 Å². The van der Waals surface area contributed by atoms with E-state index in [0.717, 1.165) is 27.9 Å². The summed E-state index contributed by atoms with van der Waals surface area (Å²) >= 11 is 0. The van der Waals surface area contributed by atoms with Gasteiger partial charge in [-0.3, -0.25) is 4.68 Å². The van der Waals surface area contributed by atoms with Gasteiger partial charge in [-0.1, -0.05) is 30.3 Å². The third-order valence-electron chi connectivity index (χ3n) is 3.86. The highest BCUT2D eigenvalue weighted by Crippen LogP contribution is 2.17. The number of hydrogen-bond donors (Lipinski definition) is 2. The van der Waals surface area contributed by atoms with E-state index in [-0.39, 0.29) is 12.6 Å². The Morgan fingerprint density at radius 1 is 1.27 bits per heavy atom. The molecule has 0 aliphatic heterocycles. The molecule has 2 aromatic heterocycles. The third kappa shape index (κ3) is 2.86. The minimum absolute atomic E-state index is 0.0611. The molecular formula is C17H20N4O. The van der Waals surface area contributed by atoms with Gasteiger partial charge in [-0.25, -0.2) is 4.98 Å². The number of aliphatic hydroxyl groups excluding tert-OH is 1. The normalized spacial score (nSPS) is 12.7. The first-order chi connectivity index (χ1) is 10.7. The Hall–Kier alpha value is -2.24. The SMILES string of the molecule is Cc1nn(C)c2ncc(CNC(CO)c3ccccc3)cc12. The maximum Gasteiger partial charge on any atom is 0.157 e. The zero-order chi connectivity index (χ0) is 15.5. The van der Waals surface area contributed by atoms with E-state index >= 15 is 0 Å². The van der Waals surface area contributed by atoms with Crippen molar-refractivity contribution in [3.63, 3.8) is 0 Å². The number of hydrogen-bond acceptors (Lipinski definition) is 4. The molecule has 5 nitrogen and oxygen atoms in total. The summed E-state index contributed by atoms with van der Waals surface area (Å²) in [5.41, 5.74) is 4.03. The number of nitrogens with zero attached hydrogens (tertiary/aromatic N) is 3. The molecule has 0 saturated heterocycles. The predicted octanol–water partition coefficient (Wildman–Crippen LogP) is 2.10. The summed E-state index contributed by atoms with van der Waals surface area (Å²) < 4.78 is 1.79. The van der Waals surface area contributed by atoms with Crippen molar-refractivity contribution in [2.75, 3.05) is 6.61 Å². The first-order valence-electron chi connectivity index (χ1n) is 7.36. The number of benzene rings is 1. The molecule has 3 rings (SSSR count). The molecule has 0 bridgehead atoms. The van der Waals surface area contributed by atoms with Gasteiger partial charge in [-0.05, 0) is 24.1 Å². The highest BCUT2D eigenvalue weighted by atomic mass is 16.3. The molecule has 0 spiro atoms. The summed E-state index contributed by atoms with van der Waals surface area (Å²) in [7, 11) is 1.90. The lowest BCUT2D eigenvalue weighted by atomic mass is 10.1. The Balaban J connectivity index is 1.77. The first kappa shape index (κ1) is 14.7. The topological polar surface area (TPSA) is 63.0 Å². The molecule has 22 heavy (non-hydrogen) atoms. The highest BCUT2D eigenvalue weighted by molar-refractivity contribution is 5.78. The van der Waals surface area contributed by atoms with Crippen LogP contribution in [0.4, 0.5) is 0 Å². The van der Waals surface area contributed by atoms with Crippen LogP contribution in [0.3, 0.4) is 0 Å². The molecule has 2 N–H and O–H groups in total. The Kier molecular flexibility index (Phi) is 4.18.